The highest BCUT2D eigenvalue weighted by atomic mass is 16.3. The molecule has 1 aliphatic rings. The zero-order valence-electron chi connectivity index (χ0n) is 16.1. The predicted molar refractivity (Wildman–Crippen MR) is 98.9 cm³/mol. The van der Waals surface area contributed by atoms with E-state index in [1.54, 1.807) is 0 Å². The van der Waals surface area contributed by atoms with Gasteiger partial charge in [-0.05, 0) is 24.7 Å². The Labute approximate surface area is 158 Å². The van der Waals surface area contributed by atoms with E-state index in [0.717, 1.165) is 6.42 Å². The summed E-state index contributed by atoms with van der Waals surface area (Å²) in [5.74, 6) is -1.39. The molecule has 0 spiro atoms. The molecule has 1 fully saturated rings. The van der Waals surface area contributed by atoms with E-state index >= 15 is 0 Å². The van der Waals surface area contributed by atoms with Crippen LogP contribution in [0.2, 0.25) is 0 Å². The predicted octanol–water partition coefficient (Wildman–Crippen LogP) is 1.19. The molecule has 0 aromatic carbocycles. The first-order chi connectivity index (χ1) is 12.5. The SMILES string of the molecule is CC(C)(C)CCC(=O)N[C@H]1C[C@H](CNC(=O)c2coc(C(N)=O)c2)[C@H](O)C1. The van der Waals surface area contributed by atoms with Gasteiger partial charge in [0.15, 0.2) is 5.76 Å². The first-order valence-electron chi connectivity index (χ1n) is 9.19. The number of hydrogen-bond donors (Lipinski definition) is 4. The molecule has 3 amide bonds. The van der Waals surface area contributed by atoms with Crippen molar-refractivity contribution in [2.45, 2.75) is 58.6 Å². The Morgan fingerprint density at radius 3 is 2.59 bits per heavy atom. The third-order valence-corrected chi connectivity index (χ3v) is 4.75. The van der Waals surface area contributed by atoms with Gasteiger partial charge in [-0.3, -0.25) is 14.4 Å². The van der Waals surface area contributed by atoms with E-state index in [0.29, 0.717) is 19.3 Å². The molecular formula is C19H29N3O5. The zero-order valence-corrected chi connectivity index (χ0v) is 16.1. The standard InChI is InChI=1S/C19H29N3O5/c1-19(2,3)5-4-16(24)22-13-6-11(14(23)8-13)9-21-18(26)12-7-15(17(20)25)27-10-12/h7,10-11,13-14,23H,4-6,8-9H2,1-3H3,(H2,20,25)(H,21,26)(H,22,24)/t11-,13+,14-/m1/s1. The Bertz CT molecular complexity index is 692. The Hall–Kier alpha value is -2.35. The molecule has 8 heteroatoms. The highest BCUT2D eigenvalue weighted by molar-refractivity contribution is 5.97. The number of hydrogen-bond acceptors (Lipinski definition) is 5. The van der Waals surface area contributed by atoms with Crippen LogP contribution in [0.25, 0.3) is 0 Å². The van der Waals surface area contributed by atoms with Gasteiger partial charge in [-0.2, -0.15) is 0 Å². The summed E-state index contributed by atoms with van der Waals surface area (Å²) >= 11 is 0. The van der Waals surface area contributed by atoms with Crippen molar-refractivity contribution in [1.82, 2.24) is 10.6 Å². The molecule has 0 aliphatic heterocycles. The van der Waals surface area contributed by atoms with Crippen molar-refractivity contribution < 1.29 is 23.9 Å². The van der Waals surface area contributed by atoms with E-state index in [1.165, 1.54) is 12.3 Å². The van der Waals surface area contributed by atoms with Gasteiger partial charge in [0.1, 0.15) is 6.26 Å². The van der Waals surface area contributed by atoms with Crippen LogP contribution < -0.4 is 16.4 Å². The van der Waals surface area contributed by atoms with Gasteiger partial charge in [0.05, 0.1) is 11.7 Å². The van der Waals surface area contributed by atoms with Crippen LogP contribution in [0.5, 0.6) is 0 Å². The van der Waals surface area contributed by atoms with Crippen molar-refractivity contribution in [2.24, 2.45) is 17.1 Å². The van der Waals surface area contributed by atoms with Crippen molar-refractivity contribution >= 4 is 17.7 Å². The third kappa shape index (κ3) is 6.39. The van der Waals surface area contributed by atoms with E-state index in [9.17, 15) is 19.5 Å². The van der Waals surface area contributed by atoms with Crippen LogP contribution >= 0.6 is 0 Å². The molecule has 150 valence electrons. The average molecular weight is 379 g/mol. The van der Waals surface area contributed by atoms with Crippen LogP contribution in [0.1, 0.15) is 67.4 Å². The lowest BCUT2D eigenvalue weighted by atomic mass is 9.90. The number of primary amides is 1. The lowest BCUT2D eigenvalue weighted by Gasteiger charge is -2.19. The Morgan fingerprint density at radius 2 is 2.00 bits per heavy atom. The number of aliphatic hydroxyl groups excluding tert-OH is 1. The summed E-state index contributed by atoms with van der Waals surface area (Å²) in [6, 6.07) is 1.19. The molecule has 1 aromatic rings. The fourth-order valence-electron chi connectivity index (χ4n) is 3.14. The molecule has 0 radical (unpaired) electrons. The van der Waals surface area contributed by atoms with E-state index < -0.39 is 17.9 Å². The molecule has 1 heterocycles. The number of nitrogens with one attached hydrogen (secondary N) is 2. The topological polar surface area (TPSA) is 135 Å². The normalized spacial score (nSPS) is 22.4. The quantitative estimate of drug-likeness (QED) is 0.564. The van der Waals surface area contributed by atoms with Crippen LogP contribution in [-0.2, 0) is 4.79 Å². The van der Waals surface area contributed by atoms with Gasteiger partial charge < -0.3 is 25.9 Å². The largest absolute Gasteiger partial charge is 0.458 e. The van der Waals surface area contributed by atoms with Gasteiger partial charge in [-0.1, -0.05) is 20.8 Å². The van der Waals surface area contributed by atoms with Crippen molar-refractivity contribution in [3.05, 3.63) is 23.7 Å². The minimum atomic E-state index is -0.745. The van der Waals surface area contributed by atoms with Gasteiger partial charge >= 0.3 is 0 Å². The molecule has 27 heavy (non-hydrogen) atoms. The highest BCUT2D eigenvalue weighted by Gasteiger charge is 2.34. The second kappa shape index (κ2) is 8.56. The molecule has 0 bridgehead atoms. The molecule has 1 aromatic heterocycles. The van der Waals surface area contributed by atoms with Crippen molar-refractivity contribution in [3.8, 4) is 0 Å². The van der Waals surface area contributed by atoms with Crippen LogP contribution in [-0.4, -0.2) is 41.5 Å². The first kappa shape index (κ1) is 21.0. The van der Waals surface area contributed by atoms with Crippen molar-refractivity contribution in [2.75, 3.05) is 6.54 Å². The summed E-state index contributed by atoms with van der Waals surface area (Å²) in [5.41, 5.74) is 5.38. The van der Waals surface area contributed by atoms with E-state index in [2.05, 4.69) is 31.4 Å². The van der Waals surface area contributed by atoms with Gasteiger partial charge in [-0.25, -0.2) is 0 Å². The maximum Gasteiger partial charge on any atom is 0.284 e. The molecule has 2 rings (SSSR count). The number of carbonyl (C=O) groups excluding carboxylic acids is 3. The van der Waals surface area contributed by atoms with Gasteiger partial charge in [-0.15, -0.1) is 0 Å². The minimum Gasteiger partial charge on any atom is -0.458 e. The van der Waals surface area contributed by atoms with Crippen molar-refractivity contribution in [3.63, 3.8) is 0 Å². The Kier molecular flexibility index (Phi) is 6.64. The molecule has 1 aliphatic carbocycles. The fourth-order valence-corrected chi connectivity index (χ4v) is 3.14. The van der Waals surface area contributed by atoms with Gasteiger partial charge in [0.2, 0.25) is 5.91 Å². The molecule has 3 atom stereocenters. The average Bonchev–Trinajstić information content (AvgIpc) is 3.17. The lowest BCUT2D eigenvalue weighted by Crippen LogP contribution is -2.34. The summed E-state index contributed by atoms with van der Waals surface area (Å²) < 4.78 is 4.92. The van der Waals surface area contributed by atoms with Crippen molar-refractivity contribution in [1.29, 1.82) is 0 Å². The van der Waals surface area contributed by atoms with Crippen LogP contribution in [0, 0.1) is 11.3 Å². The summed E-state index contributed by atoms with van der Waals surface area (Å²) in [6.07, 6.45) is 2.90. The maximum absolute atomic E-state index is 12.1. The summed E-state index contributed by atoms with van der Waals surface area (Å²) in [4.78, 5) is 35.2. The molecule has 8 nitrogen and oxygen atoms in total. The Morgan fingerprint density at radius 1 is 1.30 bits per heavy atom. The van der Waals surface area contributed by atoms with Crippen LogP contribution in [0.3, 0.4) is 0 Å². The smallest absolute Gasteiger partial charge is 0.284 e. The number of rotatable bonds is 7. The van der Waals surface area contributed by atoms with Crippen LogP contribution in [0.15, 0.2) is 16.7 Å². The summed E-state index contributed by atoms with van der Waals surface area (Å²) in [6.45, 7) is 6.53. The van der Waals surface area contributed by atoms with E-state index in [-0.39, 0.29) is 41.2 Å². The summed E-state index contributed by atoms with van der Waals surface area (Å²) in [5, 5.41) is 15.9. The maximum atomic E-state index is 12.1. The lowest BCUT2D eigenvalue weighted by molar-refractivity contribution is -0.122. The number of aliphatic hydroxyl groups is 1. The third-order valence-electron chi connectivity index (χ3n) is 4.75. The number of amides is 3. The molecular weight excluding hydrogens is 350 g/mol. The molecule has 0 unspecified atom stereocenters. The second-order valence-electron chi connectivity index (χ2n) is 8.40. The van der Waals surface area contributed by atoms with Gasteiger partial charge in [0.25, 0.3) is 11.8 Å². The molecule has 0 saturated heterocycles. The highest BCUT2D eigenvalue weighted by Crippen LogP contribution is 2.26. The monoisotopic (exact) mass is 379 g/mol. The fraction of sp³-hybridized carbons (Fsp3) is 0.632. The van der Waals surface area contributed by atoms with Gasteiger partial charge in [0, 0.05) is 31.0 Å². The second-order valence-corrected chi connectivity index (χ2v) is 8.40. The van der Waals surface area contributed by atoms with Crippen LogP contribution in [0.4, 0.5) is 0 Å². The Balaban J connectivity index is 1.78. The molecule has 1 saturated carbocycles. The van der Waals surface area contributed by atoms with E-state index in [4.69, 9.17) is 10.2 Å². The number of nitrogens with two attached hydrogens (primary N) is 1. The minimum absolute atomic E-state index is 0.0100. The number of carbonyl (C=O) groups is 3. The number of furan rings is 1. The van der Waals surface area contributed by atoms with E-state index in [1.807, 2.05) is 0 Å². The zero-order chi connectivity index (χ0) is 20.2. The molecule has 5 N–H and O–H groups in total. The summed E-state index contributed by atoms with van der Waals surface area (Å²) in [7, 11) is 0. The first-order valence-corrected chi connectivity index (χ1v) is 9.19.